The van der Waals surface area contributed by atoms with Crippen LogP contribution < -0.4 is 25.4 Å². The third-order valence-corrected chi connectivity index (χ3v) is 4.92. The second-order valence-corrected chi connectivity index (χ2v) is 6.62. The zero-order chi connectivity index (χ0) is 17.4. The van der Waals surface area contributed by atoms with E-state index < -0.39 is 0 Å². The highest BCUT2D eigenvalue weighted by molar-refractivity contribution is 7.14. The Bertz CT molecular complexity index is 861. The number of fused-ring (bicyclic) bond motifs is 1. The van der Waals surface area contributed by atoms with E-state index >= 15 is 0 Å². The molecule has 0 atom stereocenters. The molecule has 3 heterocycles. The van der Waals surface area contributed by atoms with Crippen LogP contribution in [0.15, 0.2) is 17.5 Å². The summed E-state index contributed by atoms with van der Waals surface area (Å²) in [5.74, 6) is 0.955. The third kappa shape index (κ3) is 4.37. The minimum Gasteiger partial charge on any atom is -0.454 e. The molecule has 0 spiro atoms. The van der Waals surface area contributed by atoms with Crippen LogP contribution in [0.1, 0.15) is 18.5 Å². The van der Waals surface area contributed by atoms with Crippen molar-refractivity contribution in [3.8, 4) is 11.5 Å². The molecule has 2 amide bonds. The Morgan fingerprint density at radius 1 is 1.30 bits per heavy atom. The molecule has 0 unspecified atom stereocenters. The van der Waals surface area contributed by atoms with Crippen molar-refractivity contribution >= 4 is 64.5 Å². The van der Waals surface area contributed by atoms with Gasteiger partial charge in [-0.1, -0.05) is 0 Å². The summed E-state index contributed by atoms with van der Waals surface area (Å²) in [6.07, 6.45) is 1.50. The van der Waals surface area contributed by atoms with Gasteiger partial charge in [0.1, 0.15) is 0 Å². The van der Waals surface area contributed by atoms with Gasteiger partial charge < -0.3 is 20.5 Å². The average Bonchev–Trinajstić information content (AvgIpc) is 3.28. The van der Waals surface area contributed by atoms with Gasteiger partial charge in [-0.05, 0) is 6.42 Å². The first-order valence-corrected chi connectivity index (χ1v) is 8.72. The molecule has 2 aromatic rings. The lowest BCUT2D eigenvalue weighted by Crippen LogP contribution is -2.23. The van der Waals surface area contributed by atoms with E-state index in [4.69, 9.17) is 15.2 Å². The highest BCUT2D eigenvalue weighted by Gasteiger charge is 2.24. The summed E-state index contributed by atoms with van der Waals surface area (Å²) in [6.45, 7) is 0.828. The van der Waals surface area contributed by atoms with Gasteiger partial charge in [0.05, 0.1) is 23.5 Å². The number of anilines is 3. The fourth-order valence-electron chi connectivity index (χ4n) is 2.78. The number of amides is 2. The van der Waals surface area contributed by atoms with Crippen LogP contribution in [-0.4, -0.2) is 30.1 Å². The summed E-state index contributed by atoms with van der Waals surface area (Å²) >= 11 is 1.37. The Hall–Kier alpha value is -2.23. The quantitative estimate of drug-likeness (QED) is 0.718. The zero-order valence-corrected chi connectivity index (χ0v) is 16.5. The van der Waals surface area contributed by atoms with Crippen molar-refractivity contribution in [2.75, 3.05) is 29.3 Å². The number of carbonyl (C=O) groups excluding carboxylic acids is 2. The number of hydrogen-bond acceptors (Lipinski definition) is 7. The van der Waals surface area contributed by atoms with E-state index in [2.05, 4.69) is 10.3 Å². The van der Waals surface area contributed by atoms with E-state index in [9.17, 15) is 9.59 Å². The highest BCUT2D eigenvalue weighted by Crippen LogP contribution is 2.38. The van der Waals surface area contributed by atoms with Gasteiger partial charge >= 0.3 is 0 Å². The molecule has 0 saturated carbocycles. The largest absolute Gasteiger partial charge is 0.454 e. The summed E-state index contributed by atoms with van der Waals surface area (Å²) < 4.78 is 10.5. The average molecular weight is 433 g/mol. The van der Waals surface area contributed by atoms with E-state index in [1.807, 2.05) is 0 Å². The van der Waals surface area contributed by atoms with Crippen LogP contribution in [0.25, 0.3) is 0 Å². The number of nitrogens with two attached hydrogens (primary N) is 1. The summed E-state index contributed by atoms with van der Waals surface area (Å²) in [7, 11) is 0. The number of benzene rings is 1. The second-order valence-electron chi connectivity index (χ2n) is 5.79. The van der Waals surface area contributed by atoms with Gasteiger partial charge in [0, 0.05) is 30.5 Å². The number of ether oxygens (including phenoxy) is 2. The van der Waals surface area contributed by atoms with Gasteiger partial charge in [-0.25, -0.2) is 4.98 Å². The number of hydrogen-bond donors (Lipinski definition) is 2. The normalized spacial score (nSPS) is 14.5. The second kappa shape index (κ2) is 8.64. The predicted molar refractivity (Wildman–Crippen MR) is 108 cm³/mol. The van der Waals surface area contributed by atoms with E-state index in [1.165, 1.54) is 11.3 Å². The van der Waals surface area contributed by atoms with E-state index in [1.54, 1.807) is 22.4 Å². The molecular weight excluding hydrogens is 415 g/mol. The number of rotatable bonds is 4. The van der Waals surface area contributed by atoms with Crippen LogP contribution in [-0.2, 0) is 16.0 Å². The lowest BCUT2D eigenvalue weighted by Gasteiger charge is -2.10. The summed E-state index contributed by atoms with van der Waals surface area (Å²) in [4.78, 5) is 30.1. The number of halogens is 2. The summed E-state index contributed by atoms with van der Waals surface area (Å²) in [5.41, 5.74) is 7.42. The lowest BCUT2D eigenvalue weighted by atomic mass is 10.2. The molecule has 27 heavy (non-hydrogen) atoms. The van der Waals surface area contributed by atoms with Gasteiger partial charge in [0.15, 0.2) is 16.6 Å². The molecule has 3 N–H and O–H groups in total. The first kappa shape index (κ1) is 21.1. The zero-order valence-electron chi connectivity index (χ0n) is 14.1. The van der Waals surface area contributed by atoms with Gasteiger partial charge in [-0.2, -0.15) is 0 Å². The maximum Gasteiger partial charge on any atom is 0.231 e. The van der Waals surface area contributed by atoms with Crippen molar-refractivity contribution in [1.29, 1.82) is 0 Å². The van der Waals surface area contributed by atoms with Gasteiger partial charge in [0.2, 0.25) is 18.6 Å². The SMILES string of the molecule is Cl.Cl.Nc1cc2c(cc1NC(=O)Cc1csc(N3CCCC3=O)n1)OCO2. The van der Waals surface area contributed by atoms with Crippen molar-refractivity contribution in [1.82, 2.24) is 4.98 Å². The summed E-state index contributed by atoms with van der Waals surface area (Å²) in [6, 6.07) is 3.27. The van der Waals surface area contributed by atoms with E-state index in [0.717, 1.165) is 6.42 Å². The molecule has 0 aliphatic carbocycles. The van der Waals surface area contributed by atoms with Crippen molar-refractivity contribution < 1.29 is 19.1 Å². The molecule has 2 aliphatic heterocycles. The van der Waals surface area contributed by atoms with Crippen molar-refractivity contribution in [2.24, 2.45) is 0 Å². The molecule has 0 radical (unpaired) electrons. The Kier molecular flexibility index (Phi) is 6.74. The van der Waals surface area contributed by atoms with Gasteiger partial charge in [-0.3, -0.25) is 14.5 Å². The lowest BCUT2D eigenvalue weighted by molar-refractivity contribution is -0.117. The van der Waals surface area contributed by atoms with Crippen molar-refractivity contribution in [3.63, 3.8) is 0 Å². The number of nitrogens with zero attached hydrogens (tertiary/aromatic N) is 2. The first-order valence-electron chi connectivity index (χ1n) is 7.84. The fraction of sp³-hybridized carbons (Fsp3) is 0.312. The third-order valence-electron chi connectivity index (χ3n) is 4.00. The number of nitrogen functional groups attached to an aromatic ring is 1. The Morgan fingerprint density at radius 3 is 2.74 bits per heavy atom. The Morgan fingerprint density at radius 2 is 2.04 bits per heavy atom. The smallest absolute Gasteiger partial charge is 0.231 e. The Labute approximate surface area is 171 Å². The van der Waals surface area contributed by atoms with Crippen LogP contribution in [0.3, 0.4) is 0 Å². The summed E-state index contributed by atoms with van der Waals surface area (Å²) in [5, 5.41) is 5.20. The fourth-order valence-corrected chi connectivity index (χ4v) is 3.64. The highest BCUT2D eigenvalue weighted by atomic mass is 35.5. The monoisotopic (exact) mass is 432 g/mol. The van der Waals surface area contributed by atoms with Crippen LogP contribution in [0, 0.1) is 0 Å². The molecule has 4 rings (SSSR count). The van der Waals surface area contributed by atoms with E-state index in [-0.39, 0.29) is 49.8 Å². The van der Waals surface area contributed by atoms with E-state index in [0.29, 0.717) is 46.7 Å². The molecule has 1 fully saturated rings. The first-order chi connectivity index (χ1) is 12.1. The molecule has 1 aromatic heterocycles. The predicted octanol–water partition coefficient (Wildman–Crippen LogP) is 2.61. The van der Waals surface area contributed by atoms with Gasteiger partial charge in [-0.15, -0.1) is 36.2 Å². The number of aromatic nitrogens is 1. The van der Waals surface area contributed by atoms with Crippen molar-refractivity contribution in [3.05, 3.63) is 23.2 Å². The van der Waals surface area contributed by atoms with Crippen LogP contribution >= 0.6 is 36.2 Å². The van der Waals surface area contributed by atoms with Crippen molar-refractivity contribution in [2.45, 2.75) is 19.3 Å². The molecule has 11 heteroatoms. The molecule has 2 aliphatic rings. The molecule has 1 aromatic carbocycles. The minimum absolute atomic E-state index is 0. The standard InChI is InChI=1S/C16H16N4O4S.2ClH/c17-10-5-12-13(24-8-23-12)6-11(10)19-14(21)4-9-7-25-16(18-9)20-3-1-2-15(20)22;;/h5-7H,1-4,8,17H2,(H,19,21);2*1H. The van der Waals surface area contributed by atoms with Crippen LogP contribution in [0.4, 0.5) is 16.5 Å². The molecular formula is C16H18Cl2N4O4S. The molecule has 8 nitrogen and oxygen atoms in total. The maximum atomic E-state index is 12.3. The Balaban J connectivity index is 0.00000131. The van der Waals surface area contributed by atoms with Crippen LogP contribution in [0.5, 0.6) is 11.5 Å². The molecule has 146 valence electrons. The maximum absolute atomic E-state index is 12.3. The topological polar surface area (TPSA) is 107 Å². The molecule has 0 bridgehead atoms. The van der Waals surface area contributed by atoms with Crippen LogP contribution in [0.2, 0.25) is 0 Å². The minimum atomic E-state index is -0.241. The number of thiazole rings is 1. The number of nitrogens with one attached hydrogen (secondary N) is 1. The van der Waals surface area contributed by atoms with Gasteiger partial charge in [0.25, 0.3) is 0 Å². The molecule has 1 saturated heterocycles. The number of carbonyl (C=O) groups is 2.